The Labute approximate surface area is 102 Å². The fraction of sp³-hybridized carbons (Fsp3) is 0.538. The van der Waals surface area contributed by atoms with Crippen LogP contribution in [-0.2, 0) is 4.79 Å². The molecular weight excluding hydrogens is 216 g/mol. The van der Waals surface area contributed by atoms with E-state index in [-0.39, 0.29) is 6.42 Å². The molecule has 0 aliphatic carbocycles. The summed E-state index contributed by atoms with van der Waals surface area (Å²) in [5.74, 6) is -0.217. The van der Waals surface area contributed by atoms with E-state index in [4.69, 9.17) is 5.11 Å². The first-order valence-electron chi connectivity index (χ1n) is 6.08. The number of hydrogen-bond donors (Lipinski definition) is 2. The van der Waals surface area contributed by atoms with E-state index in [0.717, 1.165) is 31.5 Å². The highest BCUT2D eigenvalue weighted by atomic mass is 16.4. The molecule has 0 aliphatic heterocycles. The van der Waals surface area contributed by atoms with Gasteiger partial charge in [-0.05, 0) is 30.9 Å². The van der Waals surface area contributed by atoms with Gasteiger partial charge in [0.1, 0.15) is 0 Å². The van der Waals surface area contributed by atoms with E-state index in [1.807, 2.05) is 12.1 Å². The summed E-state index contributed by atoms with van der Waals surface area (Å²) in [6, 6.07) is 3.86. The molecular formula is C13H20N2O2. The molecule has 0 fully saturated rings. The van der Waals surface area contributed by atoms with Crippen LogP contribution in [0, 0.1) is 5.92 Å². The van der Waals surface area contributed by atoms with Gasteiger partial charge in [-0.25, -0.2) is 0 Å². The highest BCUT2D eigenvalue weighted by Gasteiger charge is 2.08. The molecule has 0 bridgehead atoms. The Kier molecular flexibility index (Phi) is 6.07. The molecule has 0 amide bonds. The Morgan fingerprint density at radius 1 is 1.41 bits per heavy atom. The van der Waals surface area contributed by atoms with E-state index in [1.165, 1.54) is 0 Å². The van der Waals surface area contributed by atoms with Crippen LogP contribution in [0.25, 0.3) is 0 Å². The van der Waals surface area contributed by atoms with E-state index >= 15 is 0 Å². The molecule has 17 heavy (non-hydrogen) atoms. The van der Waals surface area contributed by atoms with Crippen LogP contribution < -0.4 is 5.32 Å². The summed E-state index contributed by atoms with van der Waals surface area (Å²) in [5, 5.41) is 11.9. The molecule has 2 N–H and O–H groups in total. The predicted octanol–water partition coefficient (Wildman–Crippen LogP) is 2.77. The molecule has 0 radical (unpaired) electrons. The standard InChI is InChI=1S/C13H20N2O2/c1-2-11(3-4-13(16)17)5-10-15-12-6-8-14-9-7-12/h6-9,11H,2-5,10H2,1H3,(H,14,15)(H,16,17). The van der Waals surface area contributed by atoms with Crippen LogP contribution in [0.5, 0.6) is 0 Å². The first kappa shape index (κ1) is 13.5. The van der Waals surface area contributed by atoms with Gasteiger partial charge in [0.2, 0.25) is 0 Å². The SMILES string of the molecule is CCC(CCNc1ccncc1)CCC(=O)O. The van der Waals surface area contributed by atoms with Gasteiger partial charge in [-0.1, -0.05) is 13.3 Å². The number of carboxylic acid groups (broad SMARTS) is 1. The molecule has 0 saturated heterocycles. The van der Waals surface area contributed by atoms with Crippen molar-refractivity contribution in [1.82, 2.24) is 4.98 Å². The molecule has 4 nitrogen and oxygen atoms in total. The number of aliphatic carboxylic acids is 1. The van der Waals surface area contributed by atoms with Crippen molar-refractivity contribution < 1.29 is 9.90 Å². The summed E-state index contributed by atoms with van der Waals surface area (Å²) in [7, 11) is 0. The first-order valence-corrected chi connectivity index (χ1v) is 6.08. The van der Waals surface area contributed by atoms with Crippen molar-refractivity contribution in [3.63, 3.8) is 0 Å². The van der Waals surface area contributed by atoms with E-state index < -0.39 is 5.97 Å². The third-order valence-corrected chi connectivity index (χ3v) is 2.91. The van der Waals surface area contributed by atoms with Crippen LogP contribution in [0.1, 0.15) is 32.6 Å². The summed E-state index contributed by atoms with van der Waals surface area (Å²) in [5.41, 5.74) is 1.06. The summed E-state index contributed by atoms with van der Waals surface area (Å²) in [4.78, 5) is 14.4. The van der Waals surface area contributed by atoms with Gasteiger partial charge < -0.3 is 10.4 Å². The Balaban J connectivity index is 2.21. The average Bonchev–Trinajstić information content (AvgIpc) is 2.34. The minimum Gasteiger partial charge on any atom is -0.481 e. The van der Waals surface area contributed by atoms with Crippen molar-refractivity contribution in [1.29, 1.82) is 0 Å². The Hall–Kier alpha value is -1.58. The maximum absolute atomic E-state index is 10.5. The number of carbonyl (C=O) groups is 1. The second-order valence-electron chi connectivity index (χ2n) is 4.16. The molecule has 0 aromatic carbocycles. The molecule has 1 atom stereocenters. The molecule has 1 unspecified atom stereocenters. The zero-order valence-electron chi connectivity index (χ0n) is 10.2. The summed E-state index contributed by atoms with van der Waals surface area (Å²) < 4.78 is 0. The molecule has 1 aromatic heterocycles. The Morgan fingerprint density at radius 2 is 2.12 bits per heavy atom. The normalized spacial score (nSPS) is 12.1. The maximum Gasteiger partial charge on any atom is 0.303 e. The number of hydrogen-bond acceptors (Lipinski definition) is 3. The topological polar surface area (TPSA) is 62.2 Å². The molecule has 0 aliphatic rings. The molecule has 1 aromatic rings. The average molecular weight is 236 g/mol. The zero-order chi connectivity index (χ0) is 12.5. The lowest BCUT2D eigenvalue weighted by Crippen LogP contribution is -2.10. The molecule has 1 heterocycles. The Morgan fingerprint density at radius 3 is 2.71 bits per heavy atom. The second-order valence-corrected chi connectivity index (χ2v) is 4.16. The van der Waals surface area contributed by atoms with Crippen molar-refractivity contribution in [2.45, 2.75) is 32.6 Å². The van der Waals surface area contributed by atoms with Crippen molar-refractivity contribution in [2.75, 3.05) is 11.9 Å². The van der Waals surface area contributed by atoms with E-state index in [2.05, 4.69) is 17.2 Å². The predicted molar refractivity (Wildman–Crippen MR) is 68.0 cm³/mol. The minimum absolute atomic E-state index is 0.272. The van der Waals surface area contributed by atoms with Crippen LogP contribution in [0.3, 0.4) is 0 Å². The van der Waals surface area contributed by atoms with Gasteiger partial charge in [-0.2, -0.15) is 0 Å². The van der Waals surface area contributed by atoms with Crippen LogP contribution in [0.4, 0.5) is 5.69 Å². The fourth-order valence-electron chi connectivity index (χ4n) is 1.77. The van der Waals surface area contributed by atoms with Gasteiger partial charge in [0.05, 0.1) is 0 Å². The number of nitrogens with one attached hydrogen (secondary N) is 1. The fourth-order valence-corrected chi connectivity index (χ4v) is 1.77. The van der Waals surface area contributed by atoms with Gasteiger partial charge >= 0.3 is 5.97 Å². The molecule has 0 spiro atoms. The van der Waals surface area contributed by atoms with Gasteiger partial charge in [-0.3, -0.25) is 9.78 Å². The van der Waals surface area contributed by atoms with Crippen molar-refractivity contribution in [3.8, 4) is 0 Å². The third-order valence-electron chi connectivity index (χ3n) is 2.91. The largest absolute Gasteiger partial charge is 0.481 e. The lowest BCUT2D eigenvalue weighted by atomic mass is 9.96. The summed E-state index contributed by atoms with van der Waals surface area (Å²) in [6.45, 7) is 2.99. The quantitative estimate of drug-likeness (QED) is 0.728. The number of anilines is 1. The highest BCUT2D eigenvalue weighted by molar-refractivity contribution is 5.66. The lowest BCUT2D eigenvalue weighted by Gasteiger charge is -2.14. The summed E-state index contributed by atoms with van der Waals surface area (Å²) in [6.07, 6.45) is 6.59. The molecule has 4 heteroatoms. The summed E-state index contributed by atoms with van der Waals surface area (Å²) >= 11 is 0. The van der Waals surface area contributed by atoms with Gasteiger partial charge in [0, 0.05) is 31.0 Å². The smallest absolute Gasteiger partial charge is 0.303 e. The first-order chi connectivity index (χ1) is 8.22. The molecule has 1 rings (SSSR count). The minimum atomic E-state index is -0.703. The number of nitrogens with zero attached hydrogens (tertiary/aromatic N) is 1. The molecule has 94 valence electrons. The number of rotatable bonds is 8. The lowest BCUT2D eigenvalue weighted by molar-refractivity contribution is -0.137. The number of carboxylic acids is 1. The number of aromatic nitrogens is 1. The Bertz CT molecular complexity index is 327. The van der Waals surface area contributed by atoms with E-state index in [9.17, 15) is 4.79 Å². The van der Waals surface area contributed by atoms with Crippen LogP contribution in [0.15, 0.2) is 24.5 Å². The van der Waals surface area contributed by atoms with Crippen molar-refractivity contribution in [3.05, 3.63) is 24.5 Å². The van der Waals surface area contributed by atoms with Gasteiger partial charge in [0.25, 0.3) is 0 Å². The highest BCUT2D eigenvalue weighted by Crippen LogP contribution is 2.15. The van der Waals surface area contributed by atoms with E-state index in [0.29, 0.717) is 5.92 Å². The van der Waals surface area contributed by atoms with Crippen LogP contribution in [-0.4, -0.2) is 22.6 Å². The van der Waals surface area contributed by atoms with Crippen molar-refractivity contribution in [2.24, 2.45) is 5.92 Å². The van der Waals surface area contributed by atoms with Crippen molar-refractivity contribution >= 4 is 11.7 Å². The van der Waals surface area contributed by atoms with Gasteiger partial charge in [0.15, 0.2) is 0 Å². The van der Waals surface area contributed by atoms with Gasteiger partial charge in [-0.15, -0.1) is 0 Å². The maximum atomic E-state index is 10.5. The third kappa shape index (κ3) is 5.90. The van der Waals surface area contributed by atoms with Crippen LogP contribution in [0.2, 0.25) is 0 Å². The van der Waals surface area contributed by atoms with E-state index in [1.54, 1.807) is 12.4 Å². The zero-order valence-corrected chi connectivity index (χ0v) is 10.2. The second kappa shape index (κ2) is 7.65. The monoisotopic (exact) mass is 236 g/mol. The van der Waals surface area contributed by atoms with Crippen LogP contribution >= 0.6 is 0 Å². The molecule has 0 saturated carbocycles. The number of pyridine rings is 1.